The maximum Gasteiger partial charge on any atom is 0.300 e. The number of carbonyl (C=O) groups is 3. The Kier molecular flexibility index (Phi) is 15.7. The van der Waals surface area contributed by atoms with Gasteiger partial charge in [-0.25, -0.2) is 5.01 Å². The van der Waals surface area contributed by atoms with Crippen LogP contribution in [-0.4, -0.2) is 22.7 Å². The highest BCUT2D eigenvalue weighted by atomic mass is 35.5. The molecule has 7 nitrogen and oxygen atoms in total. The lowest BCUT2D eigenvalue weighted by molar-refractivity contribution is -0.138. The second-order valence-electron chi connectivity index (χ2n) is 12.7. The van der Waals surface area contributed by atoms with Crippen molar-refractivity contribution in [3.63, 3.8) is 0 Å². The van der Waals surface area contributed by atoms with E-state index in [0.717, 1.165) is 29.8 Å². The smallest absolute Gasteiger partial charge is 0.272 e. The molecule has 3 amide bonds. The summed E-state index contributed by atoms with van der Waals surface area (Å²) in [6.07, 6.45) is 21.6. The Bertz CT molecular complexity index is 1470. The Labute approximate surface area is 305 Å². The topological polar surface area (TPSA) is 82.4 Å². The van der Waals surface area contributed by atoms with Gasteiger partial charge in [0.2, 0.25) is 11.8 Å². The summed E-state index contributed by atoms with van der Waals surface area (Å²) in [4.78, 5) is 39.2. The SMILES string of the molecule is CCCCCCCCCCCCCCCCCCc1ccc(Cl)c(N(C2=C(c3c(Cl)cc(Cl)cc3Cl)C(=O)N=N2)N2C(=O)CCC2=O)c1. The van der Waals surface area contributed by atoms with Crippen LogP contribution in [0.15, 0.2) is 46.4 Å². The fourth-order valence-electron chi connectivity index (χ4n) is 6.29. The molecule has 0 bridgehead atoms. The molecule has 0 aromatic heterocycles. The molecule has 2 heterocycles. The zero-order valence-corrected chi connectivity index (χ0v) is 30.9. The van der Waals surface area contributed by atoms with Gasteiger partial charge in [-0.2, -0.15) is 5.01 Å². The highest BCUT2D eigenvalue weighted by Gasteiger charge is 2.41. The number of carbonyl (C=O) groups excluding carboxylic acids is 3. The number of unbranched alkanes of at least 4 members (excludes halogenated alkanes) is 15. The van der Waals surface area contributed by atoms with E-state index in [1.165, 1.54) is 107 Å². The number of azo groups is 1. The van der Waals surface area contributed by atoms with Crippen molar-refractivity contribution in [2.75, 3.05) is 5.01 Å². The summed E-state index contributed by atoms with van der Waals surface area (Å²) in [5.74, 6) is -1.69. The molecule has 2 aliphatic rings. The van der Waals surface area contributed by atoms with Gasteiger partial charge in [0.15, 0.2) is 5.82 Å². The normalized spacial score (nSPS) is 14.7. The fourth-order valence-corrected chi connectivity index (χ4v) is 7.50. The quantitative estimate of drug-likeness (QED) is 0.0944. The third kappa shape index (κ3) is 10.5. The molecular formula is C37H46Cl4N4O3. The first-order chi connectivity index (χ1) is 23.2. The van der Waals surface area contributed by atoms with Crippen LogP contribution < -0.4 is 5.01 Å². The molecule has 0 unspecified atom stereocenters. The maximum absolute atomic E-state index is 13.1. The first kappa shape index (κ1) is 38.4. The molecule has 1 saturated heterocycles. The number of hydrogen-bond donors (Lipinski definition) is 0. The van der Waals surface area contributed by atoms with Crippen molar-refractivity contribution in [1.29, 1.82) is 0 Å². The summed E-state index contributed by atoms with van der Waals surface area (Å²) < 4.78 is 0. The Balaban J connectivity index is 1.36. The molecule has 0 spiro atoms. The lowest BCUT2D eigenvalue weighted by atomic mass is 10.0. The van der Waals surface area contributed by atoms with Crippen molar-refractivity contribution in [3.05, 3.63) is 67.4 Å². The Morgan fingerprint density at radius 2 is 1.15 bits per heavy atom. The number of hydrazine groups is 1. The van der Waals surface area contributed by atoms with E-state index in [4.69, 9.17) is 46.4 Å². The molecule has 11 heteroatoms. The third-order valence-electron chi connectivity index (χ3n) is 8.91. The van der Waals surface area contributed by atoms with Gasteiger partial charge in [-0.1, -0.05) is 156 Å². The van der Waals surface area contributed by atoms with Crippen LogP contribution in [0.4, 0.5) is 5.69 Å². The standard InChI is InChI=1S/C37H46Cl4N4O3/c1-2-3-4-5-6-7-8-9-10-11-12-13-14-15-16-17-18-26-19-20-28(39)31(23-26)44(45-32(46)21-22-33(45)47)36-35(37(48)43-42-36)34-29(40)24-27(38)25-30(34)41/h19-20,23-25H,2-18,21-22H2,1H3. The average molecular weight is 737 g/mol. The monoisotopic (exact) mass is 734 g/mol. The highest BCUT2D eigenvalue weighted by Crippen LogP contribution is 2.43. The molecule has 260 valence electrons. The fraction of sp³-hybridized carbons (Fsp3) is 0.541. The Morgan fingerprint density at radius 3 is 1.67 bits per heavy atom. The van der Waals surface area contributed by atoms with E-state index >= 15 is 0 Å². The van der Waals surface area contributed by atoms with Crippen molar-refractivity contribution in [1.82, 2.24) is 5.01 Å². The number of benzene rings is 2. The van der Waals surface area contributed by atoms with Gasteiger partial charge < -0.3 is 0 Å². The lowest BCUT2D eigenvalue weighted by Gasteiger charge is -2.32. The number of hydrogen-bond acceptors (Lipinski definition) is 5. The van der Waals surface area contributed by atoms with E-state index in [1.54, 1.807) is 6.07 Å². The van der Waals surface area contributed by atoms with Crippen LogP contribution >= 0.6 is 46.4 Å². The minimum absolute atomic E-state index is 0.0159. The molecule has 2 aromatic carbocycles. The van der Waals surface area contributed by atoms with Crippen LogP contribution in [0, 0.1) is 0 Å². The zero-order chi connectivity index (χ0) is 34.5. The van der Waals surface area contributed by atoms with Crippen molar-refractivity contribution in [3.8, 4) is 0 Å². The van der Waals surface area contributed by atoms with Gasteiger partial charge >= 0.3 is 0 Å². The molecule has 1 fully saturated rings. The number of rotatable bonds is 21. The minimum Gasteiger partial charge on any atom is -0.272 e. The number of halogens is 4. The Hall–Kier alpha value is -2.45. The summed E-state index contributed by atoms with van der Waals surface area (Å²) >= 11 is 25.8. The molecule has 0 saturated carbocycles. The summed E-state index contributed by atoms with van der Waals surface area (Å²) in [7, 11) is 0. The van der Waals surface area contributed by atoms with Gasteiger partial charge in [0.05, 0.1) is 20.8 Å². The number of imide groups is 1. The van der Waals surface area contributed by atoms with Crippen LogP contribution in [0.5, 0.6) is 0 Å². The van der Waals surface area contributed by atoms with Gasteiger partial charge in [0.25, 0.3) is 5.91 Å². The maximum atomic E-state index is 13.1. The minimum atomic E-state index is -0.722. The molecule has 2 aromatic rings. The summed E-state index contributed by atoms with van der Waals surface area (Å²) in [6.45, 7) is 2.27. The van der Waals surface area contributed by atoms with Gasteiger partial charge in [-0.05, 0) is 42.7 Å². The summed E-state index contributed by atoms with van der Waals surface area (Å²) in [5, 5.41) is 10.9. The molecule has 4 rings (SSSR count). The van der Waals surface area contributed by atoms with Crippen molar-refractivity contribution in [2.24, 2.45) is 10.2 Å². The molecule has 0 atom stereocenters. The number of nitrogens with zero attached hydrogens (tertiary/aromatic N) is 4. The van der Waals surface area contributed by atoms with Crippen LogP contribution in [0.2, 0.25) is 20.1 Å². The largest absolute Gasteiger partial charge is 0.300 e. The molecule has 0 radical (unpaired) electrons. The van der Waals surface area contributed by atoms with Gasteiger partial charge in [-0.3, -0.25) is 14.4 Å². The number of anilines is 1. The van der Waals surface area contributed by atoms with Crippen molar-refractivity contribution >= 4 is 75.4 Å². The molecular weight excluding hydrogens is 690 g/mol. The van der Waals surface area contributed by atoms with E-state index in [0.29, 0.717) is 5.69 Å². The number of amides is 3. The summed E-state index contributed by atoms with van der Waals surface area (Å²) in [6, 6.07) is 8.39. The van der Waals surface area contributed by atoms with Crippen molar-refractivity contribution < 1.29 is 14.4 Å². The number of aryl methyl sites for hydroxylation is 1. The van der Waals surface area contributed by atoms with Gasteiger partial charge in [-0.15, -0.1) is 10.2 Å². The average Bonchev–Trinajstić information content (AvgIpc) is 3.58. The second kappa shape index (κ2) is 19.7. The molecule has 48 heavy (non-hydrogen) atoms. The van der Waals surface area contributed by atoms with Gasteiger partial charge in [0.1, 0.15) is 5.57 Å². The zero-order valence-electron chi connectivity index (χ0n) is 27.8. The Morgan fingerprint density at radius 1 is 0.646 bits per heavy atom. The van der Waals surface area contributed by atoms with E-state index in [-0.39, 0.29) is 49.9 Å². The van der Waals surface area contributed by atoms with E-state index < -0.39 is 17.7 Å². The van der Waals surface area contributed by atoms with E-state index in [1.807, 2.05) is 12.1 Å². The van der Waals surface area contributed by atoms with Crippen LogP contribution in [0.3, 0.4) is 0 Å². The molecule has 2 aliphatic heterocycles. The van der Waals surface area contributed by atoms with E-state index in [9.17, 15) is 14.4 Å². The second-order valence-corrected chi connectivity index (χ2v) is 14.4. The van der Waals surface area contributed by atoms with Crippen LogP contribution in [-0.2, 0) is 20.8 Å². The highest BCUT2D eigenvalue weighted by molar-refractivity contribution is 6.43. The first-order valence-electron chi connectivity index (χ1n) is 17.5. The lowest BCUT2D eigenvalue weighted by Crippen LogP contribution is -2.45. The first-order valence-corrected chi connectivity index (χ1v) is 19.0. The van der Waals surface area contributed by atoms with E-state index in [2.05, 4.69) is 17.2 Å². The predicted molar refractivity (Wildman–Crippen MR) is 197 cm³/mol. The van der Waals surface area contributed by atoms with Gasteiger partial charge in [0, 0.05) is 23.4 Å². The van der Waals surface area contributed by atoms with Crippen LogP contribution in [0.1, 0.15) is 134 Å². The molecule has 0 aliphatic carbocycles. The van der Waals surface area contributed by atoms with Crippen LogP contribution in [0.25, 0.3) is 5.57 Å². The summed E-state index contributed by atoms with van der Waals surface area (Å²) in [5.41, 5.74) is 1.40. The predicted octanol–water partition coefficient (Wildman–Crippen LogP) is 12.3. The van der Waals surface area contributed by atoms with Crippen molar-refractivity contribution in [2.45, 2.75) is 129 Å². The third-order valence-corrected chi connectivity index (χ3v) is 10.0. The molecule has 0 N–H and O–H groups in total.